The zero-order valence-electron chi connectivity index (χ0n) is 36.5. The van der Waals surface area contributed by atoms with E-state index in [0.29, 0.717) is 12.8 Å². The Morgan fingerprint density at radius 2 is 1.02 bits per heavy atom. The van der Waals surface area contributed by atoms with Crippen LogP contribution in [-0.4, -0.2) is 75.5 Å². The molecule has 57 heavy (non-hydrogen) atoms. The molecule has 322 valence electrons. The van der Waals surface area contributed by atoms with Gasteiger partial charge in [0.05, 0.1) is 40.3 Å². The maximum atomic E-state index is 12.7. The van der Waals surface area contributed by atoms with Crippen LogP contribution in [0.3, 0.4) is 0 Å². The van der Waals surface area contributed by atoms with Crippen LogP contribution in [-0.2, 0) is 28.6 Å². The number of carbonyl (C=O) groups excluding carboxylic acids is 3. The number of hydrogen-bond acceptors (Lipinski definition) is 7. The van der Waals surface area contributed by atoms with Gasteiger partial charge < -0.3 is 28.6 Å². The minimum atomic E-state index is -1.15. The second-order valence-corrected chi connectivity index (χ2v) is 15.2. The van der Waals surface area contributed by atoms with E-state index in [2.05, 4.69) is 105 Å². The lowest BCUT2D eigenvalue weighted by Crippen LogP contribution is -2.55. The number of ether oxygens (including phenoxy) is 3. The van der Waals surface area contributed by atoms with Gasteiger partial charge in [0.2, 0.25) is 0 Å². The normalized spacial score (nSPS) is 13.9. The molecule has 0 saturated carbocycles. The monoisotopic (exact) mass is 794 g/mol. The maximum absolute atomic E-state index is 12.7. The number of nitrogens with zero attached hydrogens (tertiary/aromatic N) is 1. The molecular weight excluding hydrogens is 715 g/mol. The number of rotatable bonds is 37. The number of carboxylic acids is 1. The smallest absolute Gasteiger partial charge is 0.306 e. The average molecular weight is 794 g/mol. The van der Waals surface area contributed by atoms with Gasteiger partial charge in [-0.15, -0.1) is 0 Å². The number of quaternary nitrogens is 1. The molecule has 0 spiro atoms. The summed E-state index contributed by atoms with van der Waals surface area (Å²) in [4.78, 5) is 36.8. The van der Waals surface area contributed by atoms with Crippen molar-refractivity contribution in [1.82, 2.24) is 0 Å². The van der Waals surface area contributed by atoms with Crippen LogP contribution in [0.2, 0.25) is 0 Å². The molecule has 0 amide bonds. The standard InChI is InChI=1S/C49H79NO7/c1-6-8-10-12-14-16-18-20-21-22-23-24-25-26-28-30-32-34-36-38-40-48(52)57-45(43-55-42-41-46(49(53)54)50(3,4)5)44-56-47(51)39-37-35-33-31-29-27-19-17-15-13-11-9-7-2/h8,10,14,16,20-21,23-24,26-29,32-35,45-46H,6-7,9,11-13,15,17-19,22,25,30-31,36-44H2,1-5H3/b10-8+,16-14+,21-20+,24-23+,28-26+,29-27+,34-32+,35-33+. The van der Waals surface area contributed by atoms with Crippen LogP contribution in [0.1, 0.15) is 142 Å². The quantitative estimate of drug-likeness (QED) is 0.0267. The van der Waals surface area contributed by atoms with Crippen molar-refractivity contribution in [2.75, 3.05) is 41.0 Å². The van der Waals surface area contributed by atoms with Crippen LogP contribution in [0.5, 0.6) is 0 Å². The molecule has 2 unspecified atom stereocenters. The van der Waals surface area contributed by atoms with Gasteiger partial charge in [-0.2, -0.15) is 0 Å². The summed E-state index contributed by atoms with van der Waals surface area (Å²) in [7, 11) is 5.36. The molecule has 2 atom stereocenters. The molecule has 0 aromatic rings. The molecule has 0 aliphatic rings. The van der Waals surface area contributed by atoms with Gasteiger partial charge in [-0.1, -0.05) is 143 Å². The van der Waals surface area contributed by atoms with Crippen LogP contribution in [0, 0.1) is 0 Å². The first-order valence-corrected chi connectivity index (χ1v) is 21.8. The highest BCUT2D eigenvalue weighted by Crippen LogP contribution is 2.10. The lowest BCUT2D eigenvalue weighted by molar-refractivity contribution is -0.889. The summed E-state index contributed by atoms with van der Waals surface area (Å²) >= 11 is 0. The number of carbonyl (C=O) groups is 3. The van der Waals surface area contributed by atoms with Gasteiger partial charge in [0.1, 0.15) is 12.6 Å². The minimum absolute atomic E-state index is 0.00589. The first-order valence-electron chi connectivity index (χ1n) is 21.8. The number of allylic oxidation sites excluding steroid dienone is 16. The molecule has 0 bridgehead atoms. The molecule has 0 heterocycles. The van der Waals surface area contributed by atoms with Gasteiger partial charge in [0.15, 0.2) is 6.10 Å². The third-order valence-electron chi connectivity index (χ3n) is 8.97. The lowest BCUT2D eigenvalue weighted by atomic mass is 10.1. The number of carboxylic acid groups (broad SMARTS) is 1. The summed E-state index contributed by atoms with van der Waals surface area (Å²) in [5.41, 5.74) is 0. The molecule has 0 aromatic carbocycles. The number of esters is 2. The second-order valence-electron chi connectivity index (χ2n) is 15.2. The highest BCUT2D eigenvalue weighted by Gasteiger charge is 2.25. The Morgan fingerprint density at radius 3 is 1.53 bits per heavy atom. The van der Waals surface area contributed by atoms with Crippen LogP contribution in [0.4, 0.5) is 0 Å². The lowest BCUT2D eigenvalue weighted by Gasteiger charge is -2.34. The molecule has 0 rings (SSSR count). The molecule has 0 fully saturated rings. The van der Waals surface area contributed by atoms with E-state index in [-0.39, 0.29) is 49.5 Å². The van der Waals surface area contributed by atoms with E-state index in [1.54, 1.807) is 21.1 Å². The average Bonchev–Trinajstić information content (AvgIpc) is 3.17. The van der Waals surface area contributed by atoms with Crippen molar-refractivity contribution in [2.45, 2.75) is 154 Å². The maximum Gasteiger partial charge on any atom is 0.306 e. The largest absolute Gasteiger partial charge is 0.544 e. The van der Waals surface area contributed by atoms with Gasteiger partial charge in [0, 0.05) is 19.3 Å². The summed E-state index contributed by atoms with van der Waals surface area (Å²) < 4.78 is 17.0. The van der Waals surface area contributed by atoms with Crippen LogP contribution in [0.25, 0.3) is 0 Å². The molecular formula is C49H79NO7. The molecule has 8 heteroatoms. The van der Waals surface area contributed by atoms with Crippen molar-refractivity contribution in [3.8, 4) is 0 Å². The zero-order valence-corrected chi connectivity index (χ0v) is 36.5. The summed E-state index contributed by atoms with van der Waals surface area (Å²) in [6.45, 7) is 4.39. The minimum Gasteiger partial charge on any atom is -0.544 e. The van der Waals surface area contributed by atoms with Crippen molar-refractivity contribution < 1.29 is 38.2 Å². The number of likely N-dealkylation sites (N-methyl/N-ethyl adjacent to an activating group) is 1. The first-order chi connectivity index (χ1) is 27.6. The molecule has 8 nitrogen and oxygen atoms in total. The van der Waals surface area contributed by atoms with Crippen molar-refractivity contribution in [3.63, 3.8) is 0 Å². The van der Waals surface area contributed by atoms with Crippen molar-refractivity contribution in [3.05, 3.63) is 97.2 Å². The summed E-state index contributed by atoms with van der Waals surface area (Å²) in [5.74, 6) is -1.91. The first kappa shape index (κ1) is 53.2. The Balaban J connectivity index is 4.55. The molecule has 0 aliphatic carbocycles. The van der Waals surface area contributed by atoms with E-state index in [9.17, 15) is 19.5 Å². The number of aliphatic carboxylic acids is 1. The summed E-state index contributed by atoms with van der Waals surface area (Å²) in [6.07, 6.45) is 51.7. The van der Waals surface area contributed by atoms with Gasteiger partial charge >= 0.3 is 11.9 Å². The van der Waals surface area contributed by atoms with Gasteiger partial charge in [-0.25, -0.2) is 0 Å². The van der Waals surface area contributed by atoms with Gasteiger partial charge in [-0.3, -0.25) is 9.59 Å². The fourth-order valence-corrected chi connectivity index (χ4v) is 5.60. The van der Waals surface area contributed by atoms with Crippen LogP contribution in [0.15, 0.2) is 97.2 Å². The highest BCUT2D eigenvalue weighted by atomic mass is 16.6. The third kappa shape index (κ3) is 37.6. The van der Waals surface area contributed by atoms with Crippen molar-refractivity contribution in [1.29, 1.82) is 0 Å². The molecule has 0 aliphatic heterocycles. The Labute approximate surface area is 347 Å². The van der Waals surface area contributed by atoms with E-state index in [4.69, 9.17) is 14.2 Å². The van der Waals surface area contributed by atoms with E-state index in [0.717, 1.165) is 57.8 Å². The van der Waals surface area contributed by atoms with Gasteiger partial charge in [0.25, 0.3) is 0 Å². The van der Waals surface area contributed by atoms with Gasteiger partial charge in [-0.05, 0) is 77.0 Å². The number of hydrogen-bond donors (Lipinski definition) is 0. The predicted octanol–water partition coefficient (Wildman–Crippen LogP) is 10.6. The number of unbranched alkanes of at least 4 members (excludes halogenated alkanes) is 7. The van der Waals surface area contributed by atoms with Crippen LogP contribution >= 0.6 is 0 Å². The van der Waals surface area contributed by atoms with E-state index < -0.39 is 24.1 Å². The predicted molar refractivity (Wildman–Crippen MR) is 235 cm³/mol. The topological polar surface area (TPSA) is 102 Å². The Bertz CT molecular complexity index is 1250. The molecule has 0 N–H and O–H groups in total. The van der Waals surface area contributed by atoms with E-state index in [1.165, 1.54) is 38.5 Å². The Kier molecular flexibility index (Phi) is 36.5. The Hall–Kier alpha value is -3.75. The second kappa shape index (κ2) is 39.1. The third-order valence-corrected chi connectivity index (χ3v) is 8.97. The zero-order chi connectivity index (χ0) is 42.1. The molecule has 0 saturated heterocycles. The van der Waals surface area contributed by atoms with E-state index >= 15 is 0 Å². The Morgan fingerprint density at radius 1 is 0.544 bits per heavy atom. The fourth-order valence-electron chi connectivity index (χ4n) is 5.60. The highest BCUT2D eigenvalue weighted by molar-refractivity contribution is 5.70. The fraction of sp³-hybridized carbons (Fsp3) is 0.612. The van der Waals surface area contributed by atoms with Crippen molar-refractivity contribution in [2.24, 2.45) is 0 Å². The summed E-state index contributed by atoms with van der Waals surface area (Å²) in [5, 5.41) is 11.6. The van der Waals surface area contributed by atoms with E-state index in [1.807, 2.05) is 6.08 Å². The molecule has 0 aromatic heterocycles. The van der Waals surface area contributed by atoms with Crippen molar-refractivity contribution >= 4 is 17.9 Å². The van der Waals surface area contributed by atoms with Crippen LogP contribution < -0.4 is 5.11 Å². The molecule has 0 radical (unpaired) electrons. The SMILES string of the molecule is CC/C=C/C/C=C/C/C=C/C/C=C/C/C=C/C/C=C/CCCC(=O)OC(COCCC(C(=O)[O-])[N+](C)(C)C)COC(=O)CC/C=C/C/C=C/CCCCCCCC. The summed E-state index contributed by atoms with van der Waals surface area (Å²) in [6, 6.07) is -0.748.